The van der Waals surface area contributed by atoms with Crippen molar-refractivity contribution in [2.45, 2.75) is 38.8 Å². The predicted molar refractivity (Wildman–Crippen MR) is 91.5 cm³/mol. The minimum absolute atomic E-state index is 0.128. The summed E-state index contributed by atoms with van der Waals surface area (Å²) in [6.07, 6.45) is 7.20. The fraction of sp³-hybridized carbons (Fsp3) is 0.389. The van der Waals surface area contributed by atoms with Crippen molar-refractivity contribution >= 4 is 23.2 Å². The number of benzene rings is 1. The molecule has 0 saturated carbocycles. The number of nitrogens with zero attached hydrogens (tertiary/aromatic N) is 1. The number of allylic oxidation sites excluding steroid dienone is 2. The molecule has 1 aromatic carbocycles. The van der Waals surface area contributed by atoms with Gasteiger partial charge in [0.25, 0.3) is 0 Å². The summed E-state index contributed by atoms with van der Waals surface area (Å²) in [5.74, 6) is -0.343. The summed E-state index contributed by atoms with van der Waals surface area (Å²) in [6.45, 7) is 5.88. The minimum atomic E-state index is -0.850. The van der Waals surface area contributed by atoms with Crippen LogP contribution in [0.5, 0.6) is 0 Å². The molecule has 2 rings (SSSR count). The van der Waals surface area contributed by atoms with Gasteiger partial charge in [0.2, 0.25) is 5.91 Å². The van der Waals surface area contributed by atoms with Crippen LogP contribution in [0, 0.1) is 6.92 Å². The van der Waals surface area contributed by atoms with E-state index in [2.05, 4.69) is 6.92 Å². The highest BCUT2D eigenvalue weighted by molar-refractivity contribution is 6.29. The largest absolute Gasteiger partial charge is 0.386 e. The van der Waals surface area contributed by atoms with E-state index in [1.807, 2.05) is 44.2 Å². The Morgan fingerprint density at radius 3 is 2.73 bits per heavy atom. The number of aryl methyl sites for hydroxylation is 2. The molecule has 1 N–H and O–H groups in total. The van der Waals surface area contributed by atoms with Gasteiger partial charge in [-0.2, -0.15) is 0 Å². The van der Waals surface area contributed by atoms with E-state index in [-0.39, 0.29) is 11.8 Å². The quantitative estimate of drug-likeness (QED) is 0.864. The molecule has 2 unspecified atom stereocenters. The maximum Gasteiger partial charge on any atom is 0.242 e. The first-order valence-corrected chi connectivity index (χ1v) is 8.00. The molecule has 118 valence electrons. The van der Waals surface area contributed by atoms with Crippen LogP contribution in [0.25, 0.3) is 0 Å². The lowest BCUT2D eigenvalue weighted by atomic mass is 9.86. The summed E-state index contributed by atoms with van der Waals surface area (Å²) in [5.41, 5.74) is 2.05. The third kappa shape index (κ3) is 2.83. The number of carbonyl (C=O) groups is 1. The van der Waals surface area contributed by atoms with Crippen molar-refractivity contribution in [1.29, 1.82) is 0 Å². The van der Waals surface area contributed by atoms with Gasteiger partial charge < -0.3 is 5.11 Å². The fourth-order valence-corrected chi connectivity index (χ4v) is 3.06. The molecule has 4 heteroatoms. The summed E-state index contributed by atoms with van der Waals surface area (Å²) in [6, 6.07) is 5.96. The van der Waals surface area contributed by atoms with Crippen molar-refractivity contribution in [1.82, 2.24) is 0 Å². The van der Waals surface area contributed by atoms with Crippen LogP contribution >= 0.6 is 11.6 Å². The second kappa shape index (κ2) is 6.67. The maximum absolute atomic E-state index is 12.6. The number of amides is 1. The predicted octanol–water partition coefficient (Wildman–Crippen LogP) is 3.37. The van der Waals surface area contributed by atoms with Crippen molar-refractivity contribution < 1.29 is 9.90 Å². The molecular formula is C18H22ClNO2. The van der Waals surface area contributed by atoms with E-state index >= 15 is 0 Å². The van der Waals surface area contributed by atoms with Crippen LogP contribution < -0.4 is 4.90 Å². The van der Waals surface area contributed by atoms with Gasteiger partial charge in [-0.1, -0.05) is 49.4 Å². The zero-order valence-electron chi connectivity index (χ0n) is 13.2. The summed E-state index contributed by atoms with van der Waals surface area (Å²) >= 11 is 5.86. The van der Waals surface area contributed by atoms with Crippen LogP contribution in [-0.4, -0.2) is 28.5 Å². The first kappa shape index (κ1) is 16.8. The lowest BCUT2D eigenvalue weighted by Gasteiger charge is -2.44. The van der Waals surface area contributed by atoms with E-state index in [1.165, 1.54) is 0 Å². The molecule has 0 fully saturated rings. The topological polar surface area (TPSA) is 40.5 Å². The van der Waals surface area contributed by atoms with Crippen LogP contribution in [0.1, 0.15) is 25.0 Å². The van der Waals surface area contributed by atoms with Gasteiger partial charge in [0.1, 0.15) is 5.88 Å². The molecule has 1 aliphatic carbocycles. The Morgan fingerprint density at radius 1 is 1.41 bits per heavy atom. The third-order valence-electron chi connectivity index (χ3n) is 4.21. The molecule has 1 amide bonds. The first-order valence-electron chi connectivity index (χ1n) is 7.47. The Labute approximate surface area is 136 Å². The molecule has 1 aromatic rings. The Kier molecular flexibility index (Phi) is 5.09. The summed E-state index contributed by atoms with van der Waals surface area (Å²) in [4.78, 5) is 14.3. The second-order valence-corrected chi connectivity index (χ2v) is 5.98. The van der Waals surface area contributed by atoms with E-state index < -0.39 is 11.6 Å². The van der Waals surface area contributed by atoms with Crippen LogP contribution in [0.4, 0.5) is 5.69 Å². The molecule has 0 heterocycles. The molecule has 0 spiro atoms. The molecular weight excluding hydrogens is 298 g/mol. The van der Waals surface area contributed by atoms with Crippen molar-refractivity contribution in [2.24, 2.45) is 0 Å². The third-order valence-corrected chi connectivity index (χ3v) is 4.44. The van der Waals surface area contributed by atoms with E-state index in [9.17, 15) is 9.90 Å². The van der Waals surface area contributed by atoms with Crippen LogP contribution in [0.3, 0.4) is 0 Å². The first-order chi connectivity index (χ1) is 10.5. The molecule has 0 aromatic heterocycles. The standard InChI is InChI=1S/C18H22ClNO2/c1-4-14-9-7-8-13(2)17(14)20(16(22)12-19)18(3)11-6-5-10-15(18)21/h5-11,15,21H,4,12H2,1-3H3. The lowest BCUT2D eigenvalue weighted by molar-refractivity contribution is -0.117. The average molecular weight is 320 g/mol. The van der Waals surface area contributed by atoms with E-state index in [4.69, 9.17) is 11.6 Å². The van der Waals surface area contributed by atoms with Gasteiger partial charge in [-0.3, -0.25) is 9.69 Å². The van der Waals surface area contributed by atoms with Crippen molar-refractivity contribution in [3.8, 4) is 0 Å². The van der Waals surface area contributed by atoms with Crippen LogP contribution in [0.2, 0.25) is 0 Å². The molecule has 22 heavy (non-hydrogen) atoms. The Morgan fingerprint density at radius 2 is 2.14 bits per heavy atom. The Balaban J connectivity index is 2.65. The van der Waals surface area contributed by atoms with Gasteiger partial charge in [-0.05, 0) is 31.4 Å². The van der Waals surface area contributed by atoms with Gasteiger partial charge >= 0.3 is 0 Å². The number of para-hydroxylation sites is 1. The van der Waals surface area contributed by atoms with Gasteiger partial charge in [-0.15, -0.1) is 11.6 Å². The molecule has 0 saturated heterocycles. The average Bonchev–Trinajstić information content (AvgIpc) is 2.51. The molecule has 3 nitrogen and oxygen atoms in total. The molecule has 2 atom stereocenters. The number of carbonyl (C=O) groups excluding carboxylic acids is 1. The smallest absolute Gasteiger partial charge is 0.242 e. The summed E-state index contributed by atoms with van der Waals surface area (Å²) in [7, 11) is 0. The number of hydrogen-bond donors (Lipinski definition) is 1. The second-order valence-electron chi connectivity index (χ2n) is 5.71. The Hall–Kier alpha value is -1.58. The highest BCUT2D eigenvalue weighted by Gasteiger charge is 2.41. The number of aliphatic hydroxyl groups is 1. The Bertz CT molecular complexity index is 624. The van der Waals surface area contributed by atoms with Gasteiger partial charge in [0.15, 0.2) is 0 Å². The highest BCUT2D eigenvalue weighted by atomic mass is 35.5. The van der Waals surface area contributed by atoms with Crippen LogP contribution in [-0.2, 0) is 11.2 Å². The zero-order valence-corrected chi connectivity index (χ0v) is 14.0. The van der Waals surface area contributed by atoms with Gasteiger partial charge in [-0.25, -0.2) is 0 Å². The monoisotopic (exact) mass is 319 g/mol. The SMILES string of the molecule is CCc1cccc(C)c1N(C(=O)CCl)C1(C)C=CC=CC1O. The van der Waals surface area contributed by atoms with Gasteiger partial charge in [0.05, 0.1) is 17.3 Å². The normalized spacial score (nSPS) is 23.6. The number of anilines is 1. The number of hydrogen-bond acceptors (Lipinski definition) is 2. The fourth-order valence-electron chi connectivity index (χ4n) is 2.94. The summed E-state index contributed by atoms with van der Waals surface area (Å²) in [5, 5.41) is 10.5. The molecule has 0 radical (unpaired) electrons. The van der Waals surface area contributed by atoms with Crippen LogP contribution in [0.15, 0.2) is 42.5 Å². The number of alkyl halides is 1. The van der Waals surface area contributed by atoms with E-state index in [0.29, 0.717) is 0 Å². The number of halogens is 1. The number of aliphatic hydroxyl groups excluding tert-OH is 1. The van der Waals surface area contributed by atoms with E-state index in [1.54, 1.807) is 17.1 Å². The maximum atomic E-state index is 12.6. The van der Waals surface area contributed by atoms with Crippen molar-refractivity contribution in [3.05, 3.63) is 53.6 Å². The summed E-state index contributed by atoms with van der Waals surface area (Å²) < 4.78 is 0. The minimum Gasteiger partial charge on any atom is -0.386 e. The molecule has 0 aliphatic heterocycles. The zero-order chi connectivity index (χ0) is 16.3. The van der Waals surface area contributed by atoms with Crippen molar-refractivity contribution in [2.75, 3.05) is 10.8 Å². The number of rotatable bonds is 4. The molecule has 0 bridgehead atoms. The lowest BCUT2D eigenvalue weighted by Crippen LogP contribution is -2.57. The van der Waals surface area contributed by atoms with Gasteiger partial charge in [0, 0.05) is 0 Å². The molecule has 1 aliphatic rings. The highest BCUT2D eigenvalue weighted by Crippen LogP contribution is 2.36. The van der Waals surface area contributed by atoms with Crippen molar-refractivity contribution in [3.63, 3.8) is 0 Å². The van der Waals surface area contributed by atoms with E-state index in [0.717, 1.165) is 23.2 Å².